The van der Waals surface area contributed by atoms with E-state index in [1.807, 2.05) is 23.9 Å². The van der Waals surface area contributed by atoms with Crippen molar-refractivity contribution in [3.05, 3.63) is 29.8 Å². The number of hydrogen-bond acceptors (Lipinski definition) is 7. The molecule has 0 spiro atoms. The first-order valence-electron chi connectivity index (χ1n) is 10.5. The maximum Gasteiger partial charge on any atom is 0.151 e. The topological polar surface area (TPSA) is 96.4 Å². The van der Waals surface area contributed by atoms with Crippen LogP contribution in [0.5, 0.6) is 5.75 Å². The summed E-state index contributed by atoms with van der Waals surface area (Å²) < 4.78 is 9.66. The average Bonchev–Trinajstić information content (AvgIpc) is 3.35. The molecule has 1 saturated carbocycles. The molecule has 0 amide bonds. The number of tetrazole rings is 1. The Balaban J connectivity index is 1.50. The van der Waals surface area contributed by atoms with Crippen LogP contribution >= 0.6 is 0 Å². The molecule has 9 nitrogen and oxygen atoms in total. The number of rotatable bonds is 8. The van der Waals surface area contributed by atoms with Crippen LogP contribution in [-0.2, 0) is 20.0 Å². The van der Waals surface area contributed by atoms with Crippen molar-refractivity contribution in [2.24, 2.45) is 7.05 Å². The Kier molecular flexibility index (Phi) is 6.12. The van der Waals surface area contributed by atoms with Gasteiger partial charge in [0, 0.05) is 13.5 Å². The third-order valence-corrected chi connectivity index (χ3v) is 5.44. The van der Waals surface area contributed by atoms with Crippen LogP contribution in [-0.4, -0.2) is 46.3 Å². The van der Waals surface area contributed by atoms with Crippen molar-refractivity contribution >= 4 is 0 Å². The summed E-state index contributed by atoms with van der Waals surface area (Å²) in [5, 5.41) is 20.7. The number of ether oxygens (including phenoxy) is 1. The maximum atomic E-state index is 6.09. The Morgan fingerprint density at radius 2 is 1.97 bits per heavy atom. The summed E-state index contributed by atoms with van der Waals surface area (Å²) in [5.74, 6) is 1.69. The van der Waals surface area contributed by atoms with Crippen molar-refractivity contribution < 1.29 is 4.74 Å². The van der Waals surface area contributed by atoms with Gasteiger partial charge in [0.05, 0.1) is 30.2 Å². The smallest absolute Gasteiger partial charge is 0.151 e. The Hall–Kier alpha value is -2.84. The molecule has 1 fully saturated rings. The molecule has 29 heavy (non-hydrogen) atoms. The van der Waals surface area contributed by atoms with Gasteiger partial charge in [-0.05, 0) is 54.7 Å². The van der Waals surface area contributed by atoms with E-state index in [0.717, 1.165) is 60.8 Å². The van der Waals surface area contributed by atoms with Gasteiger partial charge in [0.15, 0.2) is 5.82 Å². The van der Waals surface area contributed by atoms with Gasteiger partial charge in [0.25, 0.3) is 0 Å². The zero-order valence-electron chi connectivity index (χ0n) is 17.2. The van der Waals surface area contributed by atoms with Gasteiger partial charge < -0.3 is 4.74 Å². The lowest BCUT2D eigenvalue weighted by molar-refractivity contribution is 0.154. The first-order valence-corrected chi connectivity index (χ1v) is 10.5. The molecule has 3 heterocycles. The summed E-state index contributed by atoms with van der Waals surface area (Å²) in [4.78, 5) is 4.59. The normalized spacial score (nSPS) is 15.0. The maximum absolute atomic E-state index is 6.09. The fraction of sp³-hybridized carbons (Fsp3) is 0.600. The molecule has 0 aromatic carbocycles. The van der Waals surface area contributed by atoms with E-state index in [4.69, 9.17) is 4.74 Å². The number of pyridine rings is 1. The number of aryl methyl sites for hydroxylation is 2. The monoisotopic (exact) mass is 396 g/mol. The molecule has 0 unspecified atom stereocenters. The van der Waals surface area contributed by atoms with Crippen LogP contribution in [0, 0.1) is 0 Å². The Morgan fingerprint density at radius 3 is 2.72 bits per heavy atom. The lowest BCUT2D eigenvalue weighted by atomic mass is 9.98. The molecule has 0 aliphatic heterocycles. The van der Waals surface area contributed by atoms with E-state index in [-0.39, 0.29) is 0 Å². The largest absolute Gasteiger partial charge is 0.489 e. The van der Waals surface area contributed by atoms with Crippen LogP contribution < -0.4 is 4.74 Å². The van der Waals surface area contributed by atoms with Gasteiger partial charge in [-0.1, -0.05) is 25.0 Å². The van der Waals surface area contributed by atoms with Gasteiger partial charge in [-0.25, -0.2) is 9.36 Å². The first-order chi connectivity index (χ1) is 14.2. The van der Waals surface area contributed by atoms with Gasteiger partial charge in [0.1, 0.15) is 11.4 Å². The third kappa shape index (κ3) is 4.60. The molecular weight excluding hydrogens is 368 g/mol. The molecule has 4 rings (SSSR count). The van der Waals surface area contributed by atoms with Crippen LogP contribution in [0.25, 0.3) is 11.4 Å². The fourth-order valence-electron chi connectivity index (χ4n) is 3.72. The quantitative estimate of drug-likeness (QED) is 0.577. The van der Waals surface area contributed by atoms with Crippen LogP contribution in [0.2, 0.25) is 0 Å². The highest BCUT2D eigenvalue weighted by Crippen LogP contribution is 2.25. The summed E-state index contributed by atoms with van der Waals surface area (Å²) in [7, 11) is 1.88. The van der Waals surface area contributed by atoms with Gasteiger partial charge in [-0.15, -0.1) is 10.2 Å². The number of nitrogens with zero attached hydrogens (tertiary/aromatic N) is 8. The van der Waals surface area contributed by atoms with E-state index >= 15 is 0 Å². The summed E-state index contributed by atoms with van der Waals surface area (Å²) in [6, 6.07) is 3.92. The molecule has 1 aliphatic carbocycles. The Labute approximate surface area is 170 Å². The first kappa shape index (κ1) is 19.5. The van der Waals surface area contributed by atoms with E-state index < -0.39 is 0 Å². The van der Waals surface area contributed by atoms with Gasteiger partial charge >= 0.3 is 0 Å². The standard InChI is InChI=1S/C20H28N8O/c1-3-4-10-19-22-24-26-28(19)14-18-20(23-25-27(18)2)17-12-11-16(13-21-17)29-15-8-6-5-7-9-15/h11-13,15H,3-10,14H2,1-2H3. The zero-order chi connectivity index (χ0) is 20.1. The molecule has 3 aromatic rings. The van der Waals surface area contributed by atoms with Crippen molar-refractivity contribution in [1.82, 2.24) is 40.2 Å². The second-order valence-corrected chi connectivity index (χ2v) is 7.62. The van der Waals surface area contributed by atoms with Crippen molar-refractivity contribution in [2.75, 3.05) is 0 Å². The van der Waals surface area contributed by atoms with E-state index in [0.29, 0.717) is 12.6 Å². The van der Waals surface area contributed by atoms with Crippen LogP contribution in [0.3, 0.4) is 0 Å². The highest BCUT2D eigenvalue weighted by atomic mass is 16.5. The third-order valence-electron chi connectivity index (χ3n) is 5.44. The second-order valence-electron chi connectivity index (χ2n) is 7.62. The van der Waals surface area contributed by atoms with E-state index in [9.17, 15) is 0 Å². The van der Waals surface area contributed by atoms with Gasteiger partial charge in [-0.3, -0.25) is 4.98 Å². The number of hydrogen-bond donors (Lipinski definition) is 0. The van der Waals surface area contributed by atoms with E-state index in [2.05, 4.69) is 37.7 Å². The summed E-state index contributed by atoms with van der Waals surface area (Å²) in [6.07, 6.45) is 11.2. The molecule has 0 bridgehead atoms. The van der Waals surface area contributed by atoms with Crippen molar-refractivity contribution in [1.29, 1.82) is 0 Å². The van der Waals surface area contributed by atoms with E-state index in [1.165, 1.54) is 19.3 Å². The highest BCUT2D eigenvalue weighted by Gasteiger charge is 2.18. The van der Waals surface area contributed by atoms with Crippen LogP contribution in [0.1, 0.15) is 63.4 Å². The summed E-state index contributed by atoms with van der Waals surface area (Å²) >= 11 is 0. The molecular formula is C20H28N8O. The summed E-state index contributed by atoms with van der Waals surface area (Å²) in [5.41, 5.74) is 2.43. The summed E-state index contributed by atoms with van der Waals surface area (Å²) in [6.45, 7) is 2.66. The average molecular weight is 396 g/mol. The second kappa shape index (κ2) is 9.11. The fourth-order valence-corrected chi connectivity index (χ4v) is 3.72. The molecule has 0 atom stereocenters. The lowest BCUT2D eigenvalue weighted by Gasteiger charge is -2.22. The van der Waals surface area contributed by atoms with Crippen molar-refractivity contribution in [2.45, 2.75) is 70.9 Å². The molecule has 0 N–H and O–H groups in total. The zero-order valence-corrected chi connectivity index (χ0v) is 17.2. The predicted octanol–water partition coefficient (Wildman–Crippen LogP) is 2.97. The number of unbranched alkanes of at least 4 members (excludes halogenated alkanes) is 1. The van der Waals surface area contributed by atoms with Crippen molar-refractivity contribution in [3.63, 3.8) is 0 Å². The molecule has 9 heteroatoms. The predicted molar refractivity (Wildman–Crippen MR) is 107 cm³/mol. The lowest BCUT2D eigenvalue weighted by Crippen LogP contribution is -2.19. The van der Waals surface area contributed by atoms with Crippen molar-refractivity contribution in [3.8, 4) is 17.1 Å². The van der Waals surface area contributed by atoms with E-state index in [1.54, 1.807) is 10.9 Å². The minimum absolute atomic E-state index is 0.310. The van der Waals surface area contributed by atoms with Crippen LogP contribution in [0.4, 0.5) is 0 Å². The minimum atomic E-state index is 0.310. The molecule has 0 saturated heterocycles. The minimum Gasteiger partial charge on any atom is -0.489 e. The van der Waals surface area contributed by atoms with Gasteiger partial charge in [-0.2, -0.15) is 0 Å². The highest BCUT2D eigenvalue weighted by molar-refractivity contribution is 5.57. The molecule has 0 radical (unpaired) electrons. The molecule has 154 valence electrons. The Morgan fingerprint density at radius 1 is 1.10 bits per heavy atom. The molecule has 1 aliphatic rings. The molecule has 3 aromatic heterocycles. The number of aromatic nitrogens is 8. The van der Waals surface area contributed by atoms with Gasteiger partial charge in [0.2, 0.25) is 0 Å². The SMILES string of the molecule is CCCCc1nnnn1Cc1c(-c2ccc(OC3CCCCC3)cn2)nnn1C. The Bertz CT molecular complexity index is 911. The van der Waals surface area contributed by atoms with Crippen LogP contribution in [0.15, 0.2) is 18.3 Å².